The van der Waals surface area contributed by atoms with Crippen molar-refractivity contribution in [2.24, 2.45) is 5.92 Å². The highest BCUT2D eigenvalue weighted by Gasteiger charge is 2.33. The molecule has 1 N–H and O–H groups in total. The summed E-state index contributed by atoms with van der Waals surface area (Å²) in [5.74, 6) is 0.921. The number of aromatic nitrogens is 2. The Bertz CT molecular complexity index is 859. The molecule has 0 aliphatic carbocycles. The van der Waals surface area contributed by atoms with Crippen molar-refractivity contribution >= 4 is 17.0 Å². The number of rotatable bonds is 5. The van der Waals surface area contributed by atoms with Gasteiger partial charge in [-0.05, 0) is 39.0 Å². The van der Waals surface area contributed by atoms with Crippen LogP contribution in [0.5, 0.6) is 5.75 Å². The van der Waals surface area contributed by atoms with Gasteiger partial charge in [0, 0.05) is 37.1 Å². The molecule has 1 unspecified atom stereocenters. The second-order valence-corrected chi connectivity index (χ2v) is 7.78. The number of carbonyl (C=O) groups is 1. The first-order chi connectivity index (χ1) is 12.7. The molecule has 144 valence electrons. The Balaban J connectivity index is 1.54. The molecule has 0 saturated carbocycles. The summed E-state index contributed by atoms with van der Waals surface area (Å²) in [6.45, 7) is 7.54. The summed E-state index contributed by atoms with van der Waals surface area (Å²) in [7, 11) is 0. The predicted octanol–water partition coefficient (Wildman–Crippen LogP) is 2.17. The standard InChI is InChI=1S/C19H24N4O4/c1-19(2,3)27-18(25)22-8-13(9-22)10-23-11-14-6-16(4-5-17(14)21-23)26-12-15(24)7-20/h4-6,11,13,15,24H,8-10,12H2,1-3H3. The minimum Gasteiger partial charge on any atom is -0.490 e. The number of nitrogens with zero attached hydrogens (tertiary/aromatic N) is 4. The van der Waals surface area contributed by atoms with E-state index < -0.39 is 11.7 Å². The highest BCUT2D eigenvalue weighted by Crippen LogP contribution is 2.23. The molecule has 1 aliphatic rings. The van der Waals surface area contributed by atoms with Crippen molar-refractivity contribution in [3.63, 3.8) is 0 Å². The van der Waals surface area contributed by atoms with Gasteiger partial charge in [0.15, 0.2) is 6.10 Å². The molecule has 27 heavy (non-hydrogen) atoms. The molecular formula is C19H24N4O4. The van der Waals surface area contributed by atoms with Crippen molar-refractivity contribution in [1.82, 2.24) is 14.7 Å². The van der Waals surface area contributed by atoms with Crippen molar-refractivity contribution in [3.8, 4) is 11.8 Å². The van der Waals surface area contributed by atoms with E-state index in [0.29, 0.717) is 24.8 Å². The van der Waals surface area contributed by atoms with Gasteiger partial charge in [-0.25, -0.2) is 4.79 Å². The third kappa shape index (κ3) is 4.89. The van der Waals surface area contributed by atoms with Crippen LogP contribution in [0.15, 0.2) is 24.4 Å². The van der Waals surface area contributed by atoms with Gasteiger partial charge in [0.1, 0.15) is 18.0 Å². The van der Waals surface area contributed by atoms with Crippen LogP contribution < -0.4 is 4.74 Å². The zero-order valence-corrected chi connectivity index (χ0v) is 15.8. The fraction of sp³-hybridized carbons (Fsp3) is 0.526. The van der Waals surface area contributed by atoms with E-state index >= 15 is 0 Å². The normalized spacial score (nSPS) is 15.9. The fourth-order valence-electron chi connectivity index (χ4n) is 2.88. The Morgan fingerprint density at radius 3 is 2.85 bits per heavy atom. The average molecular weight is 372 g/mol. The zero-order chi connectivity index (χ0) is 19.6. The smallest absolute Gasteiger partial charge is 0.410 e. The summed E-state index contributed by atoms with van der Waals surface area (Å²) >= 11 is 0. The Morgan fingerprint density at radius 2 is 2.19 bits per heavy atom. The van der Waals surface area contributed by atoms with Gasteiger partial charge in [-0.3, -0.25) is 4.68 Å². The summed E-state index contributed by atoms with van der Waals surface area (Å²) in [5.41, 5.74) is 0.358. The third-order valence-electron chi connectivity index (χ3n) is 4.13. The van der Waals surface area contributed by atoms with Gasteiger partial charge in [0.05, 0.1) is 11.6 Å². The lowest BCUT2D eigenvalue weighted by Crippen LogP contribution is -2.52. The first kappa shape index (κ1) is 19.0. The largest absolute Gasteiger partial charge is 0.490 e. The molecule has 1 aromatic carbocycles. The van der Waals surface area contributed by atoms with E-state index in [0.717, 1.165) is 17.4 Å². The van der Waals surface area contributed by atoms with Gasteiger partial charge < -0.3 is 19.5 Å². The number of ether oxygens (including phenoxy) is 2. The lowest BCUT2D eigenvalue weighted by molar-refractivity contribution is -0.00381. The van der Waals surface area contributed by atoms with E-state index in [1.54, 1.807) is 17.0 Å². The Hall–Kier alpha value is -2.79. The second-order valence-electron chi connectivity index (χ2n) is 7.78. The van der Waals surface area contributed by atoms with Crippen molar-refractivity contribution < 1.29 is 19.4 Å². The molecule has 0 bridgehead atoms. The molecule has 1 atom stereocenters. The van der Waals surface area contributed by atoms with Crippen LogP contribution >= 0.6 is 0 Å². The number of benzene rings is 1. The Kier molecular flexibility index (Phi) is 5.24. The van der Waals surface area contributed by atoms with Gasteiger partial charge in [-0.1, -0.05) is 0 Å². The van der Waals surface area contributed by atoms with Crippen molar-refractivity contribution in [2.45, 2.75) is 39.0 Å². The summed E-state index contributed by atoms with van der Waals surface area (Å²) in [5, 5.41) is 23.3. The van der Waals surface area contributed by atoms with Gasteiger partial charge >= 0.3 is 6.09 Å². The summed E-state index contributed by atoms with van der Waals surface area (Å²) in [4.78, 5) is 13.7. The summed E-state index contributed by atoms with van der Waals surface area (Å²) in [6, 6.07) is 7.14. The molecule has 1 aliphatic heterocycles. The van der Waals surface area contributed by atoms with Crippen LogP contribution in [0.4, 0.5) is 4.79 Å². The maximum atomic E-state index is 12.0. The number of amides is 1. The SMILES string of the molecule is CC(C)(C)OC(=O)N1CC(Cn2cc3cc(OCC(O)C#N)ccc3n2)C1. The van der Waals surface area contributed by atoms with Crippen LogP contribution in [0.1, 0.15) is 20.8 Å². The van der Waals surface area contributed by atoms with E-state index in [1.807, 2.05) is 43.8 Å². The highest BCUT2D eigenvalue weighted by atomic mass is 16.6. The molecule has 1 amide bonds. The summed E-state index contributed by atoms with van der Waals surface area (Å²) < 4.78 is 12.6. The molecular weight excluding hydrogens is 348 g/mol. The number of carbonyl (C=O) groups excluding carboxylic acids is 1. The number of likely N-dealkylation sites (tertiary alicyclic amines) is 1. The van der Waals surface area contributed by atoms with Crippen LogP contribution in [-0.4, -0.2) is 57.3 Å². The van der Waals surface area contributed by atoms with Crippen molar-refractivity contribution in [2.75, 3.05) is 19.7 Å². The first-order valence-corrected chi connectivity index (χ1v) is 8.89. The number of nitriles is 1. The van der Waals surface area contributed by atoms with E-state index in [1.165, 1.54) is 0 Å². The van der Waals surface area contributed by atoms with E-state index in [9.17, 15) is 9.90 Å². The number of aliphatic hydroxyl groups excluding tert-OH is 1. The zero-order valence-electron chi connectivity index (χ0n) is 15.8. The Morgan fingerprint density at radius 1 is 1.44 bits per heavy atom. The van der Waals surface area contributed by atoms with Gasteiger partial charge in [-0.15, -0.1) is 0 Å². The molecule has 8 nitrogen and oxygen atoms in total. The molecule has 1 saturated heterocycles. The third-order valence-corrected chi connectivity index (χ3v) is 4.13. The number of fused-ring (bicyclic) bond motifs is 1. The van der Waals surface area contributed by atoms with Crippen LogP contribution in [0.2, 0.25) is 0 Å². The van der Waals surface area contributed by atoms with Crippen molar-refractivity contribution in [1.29, 1.82) is 5.26 Å². The van der Waals surface area contributed by atoms with Gasteiger partial charge in [0.25, 0.3) is 0 Å². The molecule has 1 aromatic heterocycles. The molecule has 2 aromatic rings. The lowest BCUT2D eigenvalue weighted by atomic mass is 10.0. The number of aliphatic hydroxyl groups is 1. The van der Waals surface area contributed by atoms with E-state index in [-0.39, 0.29) is 12.7 Å². The number of hydrogen-bond donors (Lipinski definition) is 1. The fourth-order valence-corrected chi connectivity index (χ4v) is 2.88. The minimum absolute atomic E-state index is 0.0707. The highest BCUT2D eigenvalue weighted by molar-refractivity contribution is 5.79. The summed E-state index contributed by atoms with van der Waals surface area (Å²) in [6.07, 6.45) is 0.514. The quantitative estimate of drug-likeness (QED) is 0.807. The molecule has 8 heteroatoms. The topological polar surface area (TPSA) is 101 Å². The van der Waals surface area contributed by atoms with Crippen LogP contribution in [-0.2, 0) is 11.3 Å². The van der Waals surface area contributed by atoms with E-state index in [2.05, 4.69) is 5.10 Å². The van der Waals surface area contributed by atoms with Crippen LogP contribution in [0.25, 0.3) is 10.9 Å². The van der Waals surface area contributed by atoms with Gasteiger partial charge in [0.2, 0.25) is 0 Å². The average Bonchev–Trinajstić information content (AvgIpc) is 2.95. The lowest BCUT2D eigenvalue weighted by Gasteiger charge is -2.39. The van der Waals surface area contributed by atoms with Crippen LogP contribution in [0, 0.1) is 17.2 Å². The molecule has 0 spiro atoms. The number of hydrogen-bond acceptors (Lipinski definition) is 6. The molecule has 2 heterocycles. The monoisotopic (exact) mass is 372 g/mol. The molecule has 0 radical (unpaired) electrons. The van der Waals surface area contributed by atoms with E-state index in [4.69, 9.17) is 14.7 Å². The first-order valence-electron chi connectivity index (χ1n) is 8.89. The predicted molar refractivity (Wildman–Crippen MR) is 98.1 cm³/mol. The molecule has 3 rings (SSSR count). The molecule has 1 fully saturated rings. The second kappa shape index (κ2) is 7.45. The van der Waals surface area contributed by atoms with Crippen molar-refractivity contribution in [3.05, 3.63) is 24.4 Å². The minimum atomic E-state index is -1.14. The van der Waals surface area contributed by atoms with Crippen LogP contribution in [0.3, 0.4) is 0 Å². The van der Waals surface area contributed by atoms with Gasteiger partial charge in [-0.2, -0.15) is 10.4 Å². The Labute approximate surface area is 157 Å². The maximum absolute atomic E-state index is 12.0. The maximum Gasteiger partial charge on any atom is 0.410 e.